The van der Waals surface area contributed by atoms with Gasteiger partial charge in [0.15, 0.2) is 0 Å². The third-order valence-corrected chi connectivity index (χ3v) is 7.04. The van der Waals surface area contributed by atoms with Gasteiger partial charge in [-0.05, 0) is 51.5 Å². The van der Waals surface area contributed by atoms with Crippen LogP contribution in [0.5, 0.6) is 5.75 Å². The van der Waals surface area contributed by atoms with Gasteiger partial charge in [0.05, 0.1) is 18.8 Å². The standard InChI is InChI=1S/C22H31N3O6S/c1-7-25(8-2)32(28,29)18-13-16(11-12-17(18)30-9-3)24-21(26)20-14(5)19(15(6)23-20)22(27)31-10-4/h11-13,23H,7-10H2,1-6H3,(H,24,26). The van der Waals surface area contributed by atoms with Crippen molar-refractivity contribution in [2.75, 3.05) is 31.6 Å². The van der Waals surface area contributed by atoms with Crippen LogP contribution in [0.25, 0.3) is 0 Å². The molecular weight excluding hydrogens is 434 g/mol. The van der Waals surface area contributed by atoms with Crippen LogP contribution < -0.4 is 10.1 Å². The van der Waals surface area contributed by atoms with E-state index in [1.165, 1.54) is 16.4 Å². The van der Waals surface area contributed by atoms with Gasteiger partial charge in [-0.15, -0.1) is 0 Å². The van der Waals surface area contributed by atoms with Crippen LogP contribution in [0.2, 0.25) is 0 Å². The van der Waals surface area contributed by atoms with Crippen molar-refractivity contribution in [3.8, 4) is 5.75 Å². The van der Waals surface area contributed by atoms with Gasteiger partial charge in [-0.2, -0.15) is 4.31 Å². The molecule has 10 heteroatoms. The van der Waals surface area contributed by atoms with E-state index in [1.807, 2.05) is 0 Å². The molecule has 0 saturated carbocycles. The molecule has 9 nitrogen and oxygen atoms in total. The maximum Gasteiger partial charge on any atom is 0.340 e. The van der Waals surface area contributed by atoms with Crippen molar-refractivity contribution in [1.82, 2.24) is 9.29 Å². The predicted octanol–water partition coefficient (Wildman–Crippen LogP) is 3.49. The summed E-state index contributed by atoms with van der Waals surface area (Å²) in [6, 6.07) is 4.47. The zero-order chi connectivity index (χ0) is 24.1. The Morgan fingerprint density at radius 3 is 2.28 bits per heavy atom. The van der Waals surface area contributed by atoms with Gasteiger partial charge in [0, 0.05) is 24.5 Å². The Morgan fingerprint density at radius 2 is 1.72 bits per heavy atom. The second-order valence-electron chi connectivity index (χ2n) is 6.98. The number of hydrogen-bond donors (Lipinski definition) is 2. The average molecular weight is 466 g/mol. The fraction of sp³-hybridized carbons (Fsp3) is 0.455. The number of carbonyl (C=O) groups is 2. The summed E-state index contributed by atoms with van der Waals surface area (Å²) >= 11 is 0. The number of nitrogens with zero attached hydrogens (tertiary/aromatic N) is 1. The quantitative estimate of drug-likeness (QED) is 0.519. The zero-order valence-electron chi connectivity index (χ0n) is 19.4. The van der Waals surface area contributed by atoms with E-state index in [0.29, 0.717) is 36.5 Å². The number of esters is 1. The van der Waals surface area contributed by atoms with Crippen LogP contribution >= 0.6 is 0 Å². The highest BCUT2D eigenvalue weighted by Gasteiger charge is 2.27. The molecule has 0 saturated heterocycles. The summed E-state index contributed by atoms with van der Waals surface area (Å²) in [6.45, 7) is 11.4. The SMILES string of the molecule is CCOC(=O)c1c(C)[nH]c(C(=O)Nc2ccc(OCC)c(S(=O)(=O)N(CC)CC)c2)c1C. The van der Waals surface area contributed by atoms with E-state index in [9.17, 15) is 18.0 Å². The summed E-state index contributed by atoms with van der Waals surface area (Å²) in [5, 5.41) is 2.71. The second kappa shape index (κ2) is 10.6. The number of benzene rings is 1. The highest BCUT2D eigenvalue weighted by Crippen LogP contribution is 2.30. The van der Waals surface area contributed by atoms with E-state index in [0.717, 1.165) is 0 Å². The molecule has 1 aromatic carbocycles. The Kier molecular flexibility index (Phi) is 8.45. The number of rotatable bonds is 10. The third kappa shape index (κ3) is 5.13. The molecule has 0 aliphatic carbocycles. The van der Waals surface area contributed by atoms with Crippen molar-refractivity contribution in [2.24, 2.45) is 0 Å². The number of hydrogen-bond acceptors (Lipinski definition) is 6. The molecule has 1 amide bonds. The molecule has 0 aliphatic rings. The molecule has 1 heterocycles. The van der Waals surface area contributed by atoms with E-state index < -0.39 is 21.9 Å². The van der Waals surface area contributed by atoms with Gasteiger partial charge in [0.2, 0.25) is 10.0 Å². The maximum atomic E-state index is 13.1. The Balaban J connectivity index is 2.43. The lowest BCUT2D eigenvalue weighted by atomic mass is 10.1. The van der Waals surface area contributed by atoms with Crippen molar-refractivity contribution >= 4 is 27.6 Å². The summed E-state index contributed by atoms with van der Waals surface area (Å²) in [5.74, 6) is -0.795. The van der Waals surface area contributed by atoms with Gasteiger partial charge in [0.1, 0.15) is 16.3 Å². The van der Waals surface area contributed by atoms with Gasteiger partial charge < -0.3 is 19.8 Å². The first kappa shape index (κ1) is 25.4. The molecule has 0 atom stereocenters. The van der Waals surface area contributed by atoms with E-state index in [1.54, 1.807) is 47.6 Å². The molecule has 2 rings (SSSR count). The highest BCUT2D eigenvalue weighted by atomic mass is 32.2. The largest absolute Gasteiger partial charge is 0.492 e. The number of ether oxygens (including phenoxy) is 2. The Bertz CT molecular complexity index is 1090. The number of carbonyl (C=O) groups excluding carboxylic acids is 2. The zero-order valence-corrected chi connectivity index (χ0v) is 20.2. The van der Waals surface area contributed by atoms with E-state index in [2.05, 4.69) is 10.3 Å². The lowest BCUT2D eigenvalue weighted by molar-refractivity contribution is 0.0525. The Morgan fingerprint density at radius 1 is 1.06 bits per heavy atom. The molecule has 176 valence electrons. The van der Waals surface area contributed by atoms with Crippen LogP contribution in [-0.2, 0) is 14.8 Å². The molecule has 0 bridgehead atoms. The highest BCUT2D eigenvalue weighted by molar-refractivity contribution is 7.89. The van der Waals surface area contributed by atoms with Gasteiger partial charge in [-0.1, -0.05) is 13.8 Å². The molecule has 2 N–H and O–H groups in total. The summed E-state index contributed by atoms with van der Waals surface area (Å²) in [5.41, 5.74) is 1.78. The third-order valence-electron chi connectivity index (χ3n) is 4.97. The van der Waals surface area contributed by atoms with Crippen LogP contribution in [0.15, 0.2) is 23.1 Å². The molecule has 1 aromatic heterocycles. The van der Waals surface area contributed by atoms with Gasteiger partial charge in [0.25, 0.3) is 5.91 Å². The number of aromatic nitrogens is 1. The Labute approximate surface area is 189 Å². The predicted molar refractivity (Wildman–Crippen MR) is 122 cm³/mol. The monoisotopic (exact) mass is 465 g/mol. The fourth-order valence-electron chi connectivity index (χ4n) is 3.44. The first-order chi connectivity index (χ1) is 15.1. The van der Waals surface area contributed by atoms with Crippen molar-refractivity contribution in [1.29, 1.82) is 0 Å². The molecule has 0 radical (unpaired) electrons. The number of amides is 1. The molecule has 0 fully saturated rings. The number of aromatic amines is 1. The number of anilines is 1. The first-order valence-electron chi connectivity index (χ1n) is 10.6. The number of aryl methyl sites for hydroxylation is 1. The van der Waals surface area contributed by atoms with E-state index in [4.69, 9.17) is 9.47 Å². The summed E-state index contributed by atoms with van der Waals surface area (Å²) in [6.07, 6.45) is 0. The second-order valence-corrected chi connectivity index (χ2v) is 8.89. The normalized spacial score (nSPS) is 11.5. The fourth-order valence-corrected chi connectivity index (χ4v) is 5.06. The van der Waals surface area contributed by atoms with Crippen LogP contribution in [0.3, 0.4) is 0 Å². The minimum absolute atomic E-state index is 0.0209. The van der Waals surface area contributed by atoms with Crippen LogP contribution in [0.4, 0.5) is 5.69 Å². The summed E-state index contributed by atoms with van der Waals surface area (Å²) in [4.78, 5) is 28.0. The summed E-state index contributed by atoms with van der Waals surface area (Å²) in [7, 11) is -3.82. The Hall–Kier alpha value is -2.85. The van der Waals surface area contributed by atoms with Crippen LogP contribution in [-0.4, -0.2) is 55.9 Å². The van der Waals surface area contributed by atoms with E-state index >= 15 is 0 Å². The number of sulfonamides is 1. The molecule has 0 unspecified atom stereocenters. The number of H-pyrrole nitrogens is 1. The van der Waals surface area contributed by atoms with Gasteiger partial charge in [-0.25, -0.2) is 13.2 Å². The first-order valence-corrected chi connectivity index (χ1v) is 12.0. The molecule has 32 heavy (non-hydrogen) atoms. The summed E-state index contributed by atoms with van der Waals surface area (Å²) < 4.78 is 38.1. The van der Waals surface area contributed by atoms with Crippen molar-refractivity contribution < 1.29 is 27.5 Å². The minimum Gasteiger partial charge on any atom is -0.492 e. The van der Waals surface area contributed by atoms with Crippen molar-refractivity contribution in [2.45, 2.75) is 46.4 Å². The molecular formula is C22H31N3O6S. The van der Waals surface area contributed by atoms with Gasteiger partial charge >= 0.3 is 5.97 Å². The smallest absolute Gasteiger partial charge is 0.340 e. The average Bonchev–Trinajstić information content (AvgIpc) is 3.04. The van der Waals surface area contributed by atoms with Crippen LogP contribution in [0, 0.1) is 13.8 Å². The number of nitrogens with one attached hydrogen (secondary N) is 2. The van der Waals surface area contributed by atoms with Gasteiger partial charge in [-0.3, -0.25) is 4.79 Å². The van der Waals surface area contributed by atoms with Crippen molar-refractivity contribution in [3.63, 3.8) is 0 Å². The maximum absolute atomic E-state index is 13.1. The lowest BCUT2D eigenvalue weighted by Crippen LogP contribution is -2.31. The minimum atomic E-state index is -3.82. The molecule has 2 aromatic rings. The topological polar surface area (TPSA) is 118 Å². The van der Waals surface area contributed by atoms with Crippen molar-refractivity contribution in [3.05, 3.63) is 40.7 Å². The molecule has 0 aliphatic heterocycles. The van der Waals surface area contributed by atoms with E-state index in [-0.39, 0.29) is 28.6 Å². The lowest BCUT2D eigenvalue weighted by Gasteiger charge is -2.21. The molecule has 0 spiro atoms. The van der Waals surface area contributed by atoms with Crippen LogP contribution in [0.1, 0.15) is 59.8 Å².